The summed E-state index contributed by atoms with van der Waals surface area (Å²) in [5.41, 5.74) is 0.869. The molecule has 0 fully saturated rings. The van der Waals surface area contributed by atoms with Gasteiger partial charge in [-0.1, -0.05) is 11.6 Å². The van der Waals surface area contributed by atoms with E-state index in [1.807, 2.05) is 6.92 Å². The van der Waals surface area contributed by atoms with Crippen molar-refractivity contribution >= 4 is 27.5 Å². The number of phenols is 1. The molecule has 1 rings (SSSR count). The maximum absolute atomic E-state index is 9.03. The predicted octanol–water partition coefficient (Wildman–Crippen LogP) is 3.12. The molecule has 3 heteroatoms. The van der Waals surface area contributed by atoms with Crippen LogP contribution in [0.25, 0.3) is 0 Å². The number of rotatable bonds is 0. The van der Waals surface area contributed by atoms with E-state index in [1.165, 1.54) is 0 Å². The molecule has 0 aliphatic heterocycles. The van der Waals surface area contributed by atoms with Gasteiger partial charge in [0.2, 0.25) is 0 Å². The fraction of sp³-hybridized carbons (Fsp3) is 0.143. The zero-order valence-corrected chi connectivity index (χ0v) is 7.70. The number of phenolic OH excluding ortho intramolecular Hbond substituents is 1. The van der Waals surface area contributed by atoms with Crippen molar-refractivity contribution in [2.45, 2.75) is 6.92 Å². The van der Waals surface area contributed by atoms with Crippen LogP contribution in [0.1, 0.15) is 5.56 Å². The smallest absolute Gasteiger partial charge is 0.117 e. The molecule has 0 unspecified atom stereocenters. The van der Waals surface area contributed by atoms with E-state index in [4.69, 9.17) is 16.7 Å². The summed E-state index contributed by atoms with van der Waals surface area (Å²) in [4.78, 5) is 0. The Kier molecular flexibility index (Phi) is 2.21. The first-order valence-electron chi connectivity index (χ1n) is 2.76. The second-order valence-corrected chi connectivity index (χ2v) is 3.29. The fourth-order valence-corrected chi connectivity index (χ4v) is 1.36. The van der Waals surface area contributed by atoms with Crippen LogP contribution in [-0.4, -0.2) is 5.11 Å². The van der Waals surface area contributed by atoms with Crippen molar-refractivity contribution in [1.29, 1.82) is 0 Å². The minimum atomic E-state index is 0.230. The van der Waals surface area contributed by atoms with Gasteiger partial charge in [0.15, 0.2) is 0 Å². The molecule has 0 aliphatic carbocycles. The van der Waals surface area contributed by atoms with Gasteiger partial charge in [-0.25, -0.2) is 0 Å². The van der Waals surface area contributed by atoms with Gasteiger partial charge < -0.3 is 5.11 Å². The number of hydrogen-bond donors (Lipinski definition) is 1. The lowest BCUT2D eigenvalue weighted by Gasteiger charge is -2.00. The molecule has 0 radical (unpaired) electrons. The molecular weight excluding hydrogens is 215 g/mol. The van der Waals surface area contributed by atoms with Gasteiger partial charge in [0.05, 0.1) is 5.02 Å². The molecule has 1 N–H and O–H groups in total. The zero-order valence-electron chi connectivity index (χ0n) is 5.36. The van der Waals surface area contributed by atoms with Gasteiger partial charge in [0, 0.05) is 4.47 Å². The Labute approximate surface area is 72.8 Å². The van der Waals surface area contributed by atoms with E-state index in [-0.39, 0.29) is 5.75 Å². The Morgan fingerprint density at radius 2 is 2.10 bits per heavy atom. The zero-order chi connectivity index (χ0) is 7.72. The highest BCUT2D eigenvalue weighted by atomic mass is 79.9. The van der Waals surface area contributed by atoms with Crippen molar-refractivity contribution in [3.63, 3.8) is 0 Å². The van der Waals surface area contributed by atoms with Crippen LogP contribution in [0, 0.1) is 6.92 Å². The molecule has 1 aromatic rings. The average molecular weight is 221 g/mol. The van der Waals surface area contributed by atoms with E-state index >= 15 is 0 Å². The first-order chi connectivity index (χ1) is 4.61. The first kappa shape index (κ1) is 7.89. The van der Waals surface area contributed by atoms with Gasteiger partial charge in [-0.2, -0.15) is 0 Å². The highest BCUT2D eigenvalue weighted by Gasteiger charge is 2.01. The van der Waals surface area contributed by atoms with Crippen molar-refractivity contribution in [3.05, 3.63) is 27.2 Å². The summed E-state index contributed by atoms with van der Waals surface area (Å²) >= 11 is 9.00. The van der Waals surface area contributed by atoms with Gasteiger partial charge in [0.1, 0.15) is 5.75 Å². The maximum atomic E-state index is 9.03. The van der Waals surface area contributed by atoms with Crippen LogP contribution < -0.4 is 0 Å². The molecule has 10 heavy (non-hydrogen) atoms. The van der Waals surface area contributed by atoms with E-state index in [9.17, 15) is 0 Å². The molecule has 0 spiro atoms. The highest BCUT2D eigenvalue weighted by Crippen LogP contribution is 2.29. The SMILES string of the molecule is Cc1cc(O)cc(Br)c1Cl. The maximum Gasteiger partial charge on any atom is 0.117 e. The number of aromatic hydroxyl groups is 1. The average Bonchev–Trinajstić information content (AvgIpc) is 1.82. The van der Waals surface area contributed by atoms with E-state index in [2.05, 4.69) is 15.9 Å². The Bertz CT molecular complexity index is 237. The Morgan fingerprint density at radius 1 is 1.50 bits per heavy atom. The monoisotopic (exact) mass is 220 g/mol. The minimum Gasteiger partial charge on any atom is -0.508 e. The van der Waals surface area contributed by atoms with Gasteiger partial charge in [-0.3, -0.25) is 0 Å². The summed E-state index contributed by atoms with van der Waals surface area (Å²) in [5, 5.41) is 9.68. The lowest BCUT2D eigenvalue weighted by atomic mass is 10.2. The fourth-order valence-electron chi connectivity index (χ4n) is 0.708. The molecule has 0 saturated heterocycles. The summed E-state index contributed by atoms with van der Waals surface area (Å²) in [6, 6.07) is 3.18. The standard InChI is InChI=1S/C7H6BrClO/c1-4-2-5(10)3-6(8)7(4)9/h2-3,10H,1H3. The van der Waals surface area contributed by atoms with Crippen LogP contribution in [-0.2, 0) is 0 Å². The minimum absolute atomic E-state index is 0.230. The molecule has 54 valence electrons. The number of hydrogen-bond acceptors (Lipinski definition) is 1. The molecule has 0 aromatic heterocycles. The Balaban J connectivity index is 3.31. The van der Waals surface area contributed by atoms with Gasteiger partial charge in [0.25, 0.3) is 0 Å². The Hall–Kier alpha value is -0.210. The number of aryl methyl sites for hydroxylation is 1. The van der Waals surface area contributed by atoms with Crippen molar-refractivity contribution in [2.75, 3.05) is 0 Å². The van der Waals surface area contributed by atoms with Crippen LogP contribution in [0.15, 0.2) is 16.6 Å². The summed E-state index contributed by atoms with van der Waals surface area (Å²) in [6.07, 6.45) is 0. The van der Waals surface area contributed by atoms with E-state index < -0.39 is 0 Å². The number of halogens is 2. The van der Waals surface area contributed by atoms with Gasteiger partial charge >= 0.3 is 0 Å². The third-order valence-electron chi connectivity index (χ3n) is 1.19. The molecule has 0 atom stereocenters. The molecule has 1 nitrogen and oxygen atoms in total. The van der Waals surface area contributed by atoms with Crippen molar-refractivity contribution in [2.24, 2.45) is 0 Å². The van der Waals surface area contributed by atoms with Crippen molar-refractivity contribution in [3.8, 4) is 5.75 Å². The van der Waals surface area contributed by atoms with Crippen LogP contribution >= 0.6 is 27.5 Å². The second kappa shape index (κ2) is 2.81. The molecule has 0 saturated carbocycles. The van der Waals surface area contributed by atoms with Crippen LogP contribution in [0.5, 0.6) is 5.75 Å². The Morgan fingerprint density at radius 3 is 2.60 bits per heavy atom. The lowest BCUT2D eigenvalue weighted by molar-refractivity contribution is 0.474. The van der Waals surface area contributed by atoms with E-state index in [1.54, 1.807) is 12.1 Å². The molecule has 0 aliphatic rings. The van der Waals surface area contributed by atoms with Crippen LogP contribution in [0.3, 0.4) is 0 Å². The van der Waals surface area contributed by atoms with Crippen LogP contribution in [0.2, 0.25) is 5.02 Å². The summed E-state index contributed by atoms with van der Waals surface area (Å²) in [5.74, 6) is 0.230. The molecular formula is C7H6BrClO. The van der Waals surface area contributed by atoms with Crippen molar-refractivity contribution < 1.29 is 5.11 Å². The molecule has 0 bridgehead atoms. The van der Waals surface area contributed by atoms with Crippen LogP contribution in [0.4, 0.5) is 0 Å². The van der Waals surface area contributed by atoms with Gasteiger partial charge in [-0.15, -0.1) is 0 Å². The second-order valence-electron chi connectivity index (χ2n) is 2.06. The third-order valence-corrected chi connectivity index (χ3v) is 2.55. The van der Waals surface area contributed by atoms with Gasteiger partial charge in [-0.05, 0) is 40.5 Å². The third kappa shape index (κ3) is 1.44. The van der Waals surface area contributed by atoms with Crippen molar-refractivity contribution in [1.82, 2.24) is 0 Å². The molecule has 0 heterocycles. The van der Waals surface area contributed by atoms with E-state index in [0.717, 1.165) is 10.0 Å². The highest BCUT2D eigenvalue weighted by molar-refractivity contribution is 9.10. The largest absolute Gasteiger partial charge is 0.508 e. The molecule has 1 aromatic carbocycles. The van der Waals surface area contributed by atoms with E-state index in [0.29, 0.717) is 5.02 Å². The topological polar surface area (TPSA) is 20.2 Å². The predicted molar refractivity (Wildman–Crippen MR) is 45.6 cm³/mol. The normalized spacial score (nSPS) is 9.90. The summed E-state index contributed by atoms with van der Waals surface area (Å²) in [7, 11) is 0. The lowest BCUT2D eigenvalue weighted by Crippen LogP contribution is -1.75. The first-order valence-corrected chi connectivity index (χ1v) is 3.93. The number of benzene rings is 1. The quantitative estimate of drug-likeness (QED) is 0.714. The summed E-state index contributed by atoms with van der Waals surface area (Å²) in [6.45, 7) is 1.84. The molecule has 0 amide bonds. The summed E-state index contributed by atoms with van der Waals surface area (Å²) < 4.78 is 0.728.